The molecule has 0 aliphatic rings. The lowest BCUT2D eigenvalue weighted by atomic mass is 10.00. The summed E-state index contributed by atoms with van der Waals surface area (Å²) >= 11 is 5.95. The fourth-order valence-electron chi connectivity index (χ4n) is 2.06. The normalized spacial score (nSPS) is 11.3. The number of halogens is 1. The number of rotatable bonds is 2. The van der Waals surface area contributed by atoms with Crippen molar-refractivity contribution in [2.45, 2.75) is 26.4 Å². The lowest BCUT2D eigenvalue weighted by Crippen LogP contribution is -2.24. The number of nitrogen functional groups attached to an aromatic ring is 1. The van der Waals surface area contributed by atoms with Gasteiger partial charge in [0.1, 0.15) is 11.4 Å². The van der Waals surface area contributed by atoms with Crippen LogP contribution >= 0.6 is 11.6 Å². The molecule has 4 nitrogen and oxygen atoms in total. The van der Waals surface area contributed by atoms with Gasteiger partial charge in [-0.2, -0.15) is 0 Å². The van der Waals surface area contributed by atoms with E-state index in [2.05, 4.69) is 0 Å². The molecule has 0 saturated carbocycles. The van der Waals surface area contributed by atoms with Gasteiger partial charge in [0.05, 0.1) is 11.3 Å². The van der Waals surface area contributed by atoms with Crippen molar-refractivity contribution >= 4 is 23.3 Å². The topological polar surface area (TPSA) is 72.5 Å². The Morgan fingerprint density at radius 3 is 2.50 bits per heavy atom. The zero-order valence-corrected chi connectivity index (χ0v) is 13.4. The Morgan fingerprint density at radius 1 is 1.23 bits per heavy atom. The first-order valence-corrected chi connectivity index (χ1v) is 7.17. The number of esters is 1. The molecule has 0 saturated heterocycles. The molecule has 5 heteroatoms. The van der Waals surface area contributed by atoms with Crippen molar-refractivity contribution in [1.82, 2.24) is 0 Å². The van der Waals surface area contributed by atoms with Crippen LogP contribution in [0.25, 0.3) is 11.1 Å². The smallest absolute Gasteiger partial charge is 0.340 e. The van der Waals surface area contributed by atoms with E-state index >= 15 is 0 Å². The molecule has 0 aliphatic heterocycles. The van der Waals surface area contributed by atoms with Gasteiger partial charge in [-0.1, -0.05) is 23.7 Å². The summed E-state index contributed by atoms with van der Waals surface area (Å²) in [6.07, 6.45) is 0. The van der Waals surface area contributed by atoms with Crippen molar-refractivity contribution in [2.24, 2.45) is 0 Å². The maximum absolute atomic E-state index is 12.2. The van der Waals surface area contributed by atoms with Gasteiger partial charge in [-0.25, -0.2) is 4.79 Å². The average Bonchev–Trinajstić information content (AvgIpc) is 2.35. The van der Waals surface area contributed by atoms with E-state index in [1.165, 1.54) is 12.1 Å². The van der Waals surface area contributed by atoms with Crippen molar-refractivity contribution in [1.29, 1.82) is 0 Å². The van der Waals surface area contributed by atoms with E-state index < -0.39 is 11.6 Å². The van der Waals surface area contributed by atoms with Crippen molar-refractivity contribution in [3.8, 4) is 16.9 Å². The Balaban J connectivity index is 2.48. The van der Waals surface area contributed by atoms with Crippen molar-refractivity contribution in [3.63, 3.8) is 0 Å². The van der Waals surface area contributed by atoms with Gasteiger partial charge >= 0.3 is 5.97 Å². The molecule has 22 heavy (non-hydrogen) atoms. The van der Waals surface area contributed by atoms with Gasteiger partial charge < -0.3 is 15.6 Å². The zero-order valence-electron chi connectivity index (χ0n) is 12.7. The number of carbonyl (C=O) groups is 1. The lowest BCUT2D eigenvalue weighted by Gasteiger charge is -2.20. The first-order valence-electron chi connectivity index (χ1n) is 6.79. The number of phenolic OH excluding ortho intramolecular Hbond substituents is 1. The Hall–Kier alpha value is -2.20. The van der Waals surface area contributed by atoms with Crippen LogP contribution < -0.4 is 5.73 Å². The van der Waals surface area contributed by atoms with E-state index in [9.17, 15) is 9.90 Å². The second kappa shape index (κ2) is 5.89. The minimum Gasteiger partial charge on any atom is -0.508 e. The summed E-state index contributed by atoms with van der Waals surface area (Å²) in [6.45, 7) is 5.37. The first-order chi connectivity index (χ1) is 10.2. The molecule has 0 amide bonds. The second-order valence-electron chi connectivity index (χ2n) is 5.97. The van der Waals surface area contributed by atoms with Crippen LogP contribution in [0, 0.1) is 0 Å². The number of carbonyl (C=O) groups excluding carboxylic acids is 1. The highest BCUT2D eigenvalue weighted by Crippen LogP contribution is 2.33. The Morgan fingerprint density at radius 2 is 1.91 bits per heavy atom. The quantitative estimate of drug-likeness (QED) is 0.641. The monoisotopic (exact) mass is 319 g/mol. The molecule has 0 fully saturated rings. The molecule has 0 unspecified atom stereocenters. The van der Waals surface area contributed by atoms with Crippen LogP contribution in [0.1, 0.15) is 31.1 Å². The number of hydrogen-bond acceptors (Lipinski definition) is 4. The lowest BCUT2D eigenvalue weighted by molar-refractivity contribution is 0.00708. The molecule has 2 rings (SSSR count). The van der Waals surface area contributed by atoms with Crippen LogP contribution in [0.2, 0.25) is 5.02 Å². The molecule has 0 spiro atoms. The van der Waals surface area contributed by atoms with Gasteiger partial charge in [0.25, 0.3) is 0 Å². The molecule has 0 aliphatic carbocycles. The van der Waals surface area contributed by atoms with Gasteiger partial charge in [-0.3, -0.25) is 0 Å². The molecule has 0 radical (unpaired) electrons. The predicted octanol–water partition coefficient (Wildman–Crippen LogP) is 4.25. The third kappa shape index (κ3) is 3.71. The van der Waals surface area contributed by atoms with E-state index in [0.717, 1.165) is 0 Å². The van der Waals surface area contributed by atoms with Gasteiger partial charge in [0.15, 0.2) is 0 Å². The summed E-state index contributed by atoms with van der Waals surface area (Å²) in [5.41, 5.74) is 7.33. The minimum atomic E-state index is -0.603. The summed E-state index contributed by atoms with van der Waals surface area (Å²) in [5.74, 6) is -0.456. The van der Waals surface area contributed by atoms with Crippen LogP contribution in [-0.2, 0) is 4.74 Å². The van der Waals surface area contributed by atoms with E-state index in [0.29, 0.717) is 21.8 Å². The SMILES string of the molecule is CC(C)(C)OC(=O)c1cccc(-c2cc(O)cc(Cl)c2)c1N. The number of hydrogen-bond donors (Lipinski definition) is 2. The van der Waals surface area contributed by atoms with Crippen molar-refractivity contribution in [2.75, 3.05) is 5.73 Å². The molecule has 116 valence electrons. The van der Waals surface area contributed by atoms with Gasteiger partial charge in [-0.05, 0) is 50.6 Å². The second-order valence-corrected chi connectivity index (χ2v) is 6.40. The number of aromatic hydroxyl groups is 1. The third-order valence-corrected chi connectivity index (χ3v) is 3.14. The molecule has 0 heterocycles. The molecule has 2 aromatic rings. The fourth-order valence-corrected chi connectivity index (χ4v) is 2.29. The Kier molecular flexibility index (Phi) is 4.33. The third-order valence-electron chi connectivity index (χ3n) is 2.92. The Labute approximate surface area is 134 Å². The van der Waals surface area contributed by atoms with Crippen LogP contribution in [-0.4, -0.2) is 16.7 Å². The number of para-hydroxylation sites is 1. The summed E-state index contributed by atoms with van der Waals surface area (Å²) < 4.78 is 5.35. The van der Waals surface area contributed by atoms with E-state index in [4.69, 9.17) is 22.1 Å². The predicted molar refractivity (Wildman–Crippen MR) is 88.1 cm³/mol. The number of phenols is 1. The van der Waals surface area contributed by atoms with Crippen LogP contribution in [0.3, 0.4) is 0 Å². The molecular formula is C17H18ClNO3. The zero-order chi connectivity index (χ0) is 16.5. The van der Waals surface area contributed by atoms with Gasteiger partial charge in [0, 0.05) is 10.6 Å². The molecule has 0 atom stereocenters. The van der Waals surface area contributed by atoms with E-state index in [1.54, 1.807) is 45.0 Å². The number of nitrogens with two attached hydrogens (primary N) is 1. The van der Waals surface area contributed by atoms with E-state index in [-0.39, 0.29) is 11.3 Å². The highest BCUT2D eigenvalue weighted by Gasteiger charge is 2.21. The van der Waals surface area contributed by atoms with Gasteiger partial charge in [0.2, 0.25) is 0 Å². The average molecular weight is 320 g/mol. The summed E-state index contributed by atoms with van der Waals surface area (Å²) in [5, 5.41) is 10.0. The minimum absolute atomic E-state index is 0.0320. The largest absolute Gasteiger partial charge is 0.508 e. The highest BCUT2D eigenvalue weighted by molar-refractivity contribution is 6.31. The molecular weight excluding hydrogens is 302 g/mol. The van der Waals surface area contributed by atoms with Crippen LogP contribution in [0.4, 0.5) is 5.69 Å². The first kappa shape index (κ1) is 16.2. The molecule has 3 N–H and O–H groups in total. The van der Waals surface area contributed by atoms with Gasteiger partial charge in [-0.15, -0.1) is 0 Å². The number of benzene rings is 2. The Bertz CT molecular complexity index is 700. The maximum Gasteiger partial charge on any atom is 0.340 e. The van der Waals surface area contributed by atoms with Crippen molar-refractivity contribution in [3.05, 3.63) is 47.0 Å². The van der Waals surface area contributed by atoms with Crippen molar-refractivity contribution < 1.29 is 14.6 Å². The summed E-state index contributed by atoms with van der Waals surface area (Å²) in [6, 6.07) is 9.72. The number of anilines is 1. The van der Waals surface area contributed by atoms with Crippen LogP contribution in [0.15, 0.2) is 36.4 Å². The van der Waals surface area contributed by atoms with Crippen LogP contribution in [0.5, 0.6) is 5.75 Å². The fraction of sp³-hybridized carbons (Fsp3) is 0.235. The molecule has 2 aromatic carbocycles. The summed E-state index contributed by atoms with van der Waals surface area (Å²) in [4.78, 5) is 12.2. The maximum atomic E-state index is 12.2. The number of ether oxygens (including phenoxy) is 1. The standard InChI is InChI=1S/C17H18ClNO3/c1-17(2,3)22-16(21)14-6-4-5-13(15(14)19)10-7-11(18)9-12(20)8-10/h4-9,20H,19H2,1-3H3. The molecule has 0 aromatic heterocycles. The van der Waals surface area contributed by atoms with E-state index in [1.807, 2.05) is 0 Å². The molecule has 0 bridgehead atoms. The highest BCUT2D eigenvalue weighted by atomic mass is 35.5. The summed E-state index contributed by atoms with van der Waals surface area (Å²) in [7, 11) is 0.